The molecule has 0 radical (unpaired) electrons. The Balaban J connectivity index is 2.06. The van der Waals surface area contributed by atoms with E-state index in [1.807, 2.05) is 43.3 Å². The summed E-state index contributed by atoms with van der Waals surface area (Å²) in [5.74, 6) is 0.746. The van der Waals surface area contributed by atoms with Gasteiger partial charge in [0.2, 0.25) is 0 Å². The Bertz CT molecular complexity index is 834. The molecular weight excluding hydrogens is 356 g/mol. The van der Waals surface area contributed by atoms with E-state index in [1.165, 1.54) is 6.26 Å². The van der Waals surface area contributed by atoms with Crippen LogP contribution < -0.4 is 15.4 Å². The summed E-state index contributed by atoms with van der Waals surface area (Å²) in [6.45, 7) is 2.04. The van der Waals surface area contributed by atoms with Gasteiger partial charge in [0.15, 0.2) is 14.9 Å². The standard InChI is InChI=1S/C18H22N2O3S2/c1-4-17(13-8-10-16(11-9-13)25(3,21)22)20-18(24)19-14-6-5-7-15(12-14)23-2/h5-12,17H,4H2,1-3H3,(H2,19,20,24). The number of methoxy groups -OCH3 is 1. The van der Waals surface area contributed by atoms with Gasteiger partial charge in [0.05, 0.1) is 18.0 Å². The van der Waals surface area contributed by atoms with E-state index < -0.39 is 9.84 Å². The van der Waals surface area contributed by atoms with Crippen molar-refractivity contribution in [1.82, 2.24) is 5.32 Å². The van der Waals surface area contributed by atoms with E-state index in [4.69, 9.17) is 17.0 Å². The lowest BCUT2D eigenvalue weighted by Gasteiger charge is -2.20. The quantitative estimate of drug-likeness (QED) is 0.750. The average molecular weight is 379 g/mol. The molecule has 25 heavy (non-hydrogen) atoms. The van der Waals surface area contributed by atoms with Gasteiger partial charge in [0, 0.05) is 18.0 Å². The molecule has 0 bridgehead atoms. The molecule has 134 valence electrons. The number of rotatable bonds is 6. The Morgan fingerprint density at radius 2 is 1.88 bits per heavy atom. The smallest absolute Gasteiger partial charge is 0.175 e. The van der Waals surface area contributed by atoms with Crippen LogP contribution in [0.25, 0.3) is 0 Å². The highest BCUT2D eigenvalue weighted by atomic mass is 32.2. The SMILES string of the molecule is CCC(NC(=S)Nc1cccc(OC)c1)c1ccc(S(C)(=O)=O)cc1. The molecule has 2 aromatic carbocycles. The highest BCUT2D eigenvalue weighted by Gasteiger charge is 2.13. The van der Waals surface area contributed by atoms with Crippen molar-refractivity contribution in [1.29, 1.82) is 0 Å². The number of nitrogens with one attached hydrogen (secondary N) is 2. The second-order valence-corrected chi connectivity index (χ2v) is 8.06. The van der Waals surface area contributed by atoms with Crippen LogP contribution in [-0.2, 0) is 9.84 Å². The topological polar surface area (TPSA) is 67.4 Å². The zero-order valence-corrected chi connectivity index (χ0v) is 16.1. The summed E-state index contributed by atoms with van der Waals surface area (Å²) in [5, 5.41) is 6.88. The van der Waals surface area contributed by atoms with Crippen molar-refractivity contribution in [2.24, 2.45) is 0 Å². The van der Waals surface area contributed by atoms with Gasteiger partial charge in [0.1, 0.15) is 5.75 Å². The number of benzene rings is 2. The van der Waals surface area contributed by atoms with Crippen LogP contribution in [0.2, 0.25) is 0 Å². The molecule has 0 aromatic heterocycles. The molecule has 0 spiro atoms. The number of ether oxygens (including phenoxy) is 1. The van der Waals surface area contributed by atoms with Crippen molar-refractivity contribution in [2.75, 3.05) is 18.7 Å². The van der Waals surface area contributed by atoms with Crippen LogP contribution in [-0.4, -0.2) is 26.9 Å². The lowest BCUT2D eigenvalue weighted by molar-refractivity contribution is 0.415. The molecular formula is C18H22N2O3S2. The van der Waals surface area contributed by atoms with Crippen molar-refractivity contribution in [3.05, 3.63) is 54.1 Å². The Morgan fingerprint density at radius 3 is 2.44 bits per heavy atom. The summed E-state index contributed by atoms with van der Waals surface area (Å²) in [7, 11) is -1.58. The molecule has 2 rings (SSSR count). The van der Waals surface area contributed by atoms with Crippen LogP contribution in [0, 0.1) is 0 Å². The first-order valence-corrected chi connectivity index (χ1v) is 10.1. The third kappa shape index (κ3) is 5.44. The first-order valence-electron chi connectivity index (χ1n) is 7.85. The molecule has 0 aliphatic carbocycles. The maximum absolute atomic E-state index is 11.6. The van der Waals surface area contributed by atoms with Gasteiger partial charge in [-0.15, -0.1) is 0 Å². The van der Waals surface area contributed by atoms with Gasteiger partial charge >= 0.3 is 0 Å². The second kappa shape index (κ2) is 8.31. The zero-order chi connectivity index (χ0) is 18.4. The summed E-state index contributed by atoms with van der Waals surface area (Å²) in [4.78, 5) is 0.309. The van der Waals surface area contributed by atoms with Crippen molar-refractivity contribution in [2.45, 2.75) is 24.3 Å². The number of thiocarbonyl (C=S) groups is 1. The lowest BCUT2D eigenvalue weighted by atomic mass is 10.1. The average Bonchev–Trinajstić information content (AvgIpc) is 2.59. The van der Waals surface area contributed by atoms with Crippen LogP contribution in [0.3, 0.4) is 0 Å². The largest absolute Gasteiger partial charge is 0.497 e. The Hall–Kier alpha value is -2.12. The molecule has 0 aliphatic heterocycles. The molecule has 5 nitrogen and oxygen atoms in total. The van der Waals surface area contributed by atoms with E-state index in [9.17, 15) is 8.42 Å². The van der Waals surface area contributed by atoms with E-state index in [2.05, 4.69) is 10.6 Å². The van der Waals surface area contributed by atoms with Crippen LogP contribution in [0.4, 0.5) is 5.69 Å². The van der Waals surface area contributed by atoms with E-state index in [0.29, 0.717) is 10.0 Å². The summed E-state index contributed by atoms with van der Waals surface area (Å²) in [6, 6.07) is 14.3. The van der Waals surface area contributed by atoms with E-state index in [1.54, 1.807) is 19.2 Å². The van der Waals surface area contributed by atoms with Crippen LogP contribution in [0.5, 0.6) is 5.75 Å². The summed E-state index contributed by atoms with van der Waals surface area (Å²) in [5.41, 5.74) is 1.81. The van der Waals surface area contributed by atoms with Gasteiger partial charge in [-0.25, -0.2) is 8.42 Å². The maximum atomic E-state index is 11.6. The van der Waals surface area contributed by atoms with Gasteiger partial charge < -0.3 is 15.4 Å². The van der Waals surface area contributed by atoms with E-state index in [0.717, 1.165) is 23.4 Å². The first-order chi connectivity index (χ1) is 11.8. The second-order valence-electron chi connectivity index (χ2n) is 5.63. The Kier molecular flexibility index (Phi) is 6.39. The van der Waals surface area contributed by atoms with E-state index in [-0.39, 0.29) is 6.04 Å². The first kappa shape index (κ1) is 19.2. The van der Waals surface area contributed by atoms with Crippen LogP contribution in [0.15, 0.2) is 53.4 Å². The molecule has 0 aliphatic rings. The summed E-state index contributed by atoms with van der Waals surface area (Å²) >= 11 is 5.38. The predicted octanol–water partition coefficient (Wildman–Crippen LogP) is 3.54. The summed E-state index contributed by atoms with van der Waals surface area (Å²) in [6.07, 6.45) is 2.00. The molecule has 0 heterocycles. The highest BCUT2D eigenvalue weighted by molar-refractivity contribution is 7.90. The molecule has 0 saturated carbocycles. The number of hydrogen-bond donors (Lipinski definition) is 2. The van der Waals surface area contributed by atoms with Gasteiger partial charge in [-0.05, 0) is 48.5 Å². The molecule has 1 unspecified atom stereocenters. The van der Waals surface area contributed by atoms with Gasteiger partial charge in [0.25, 0.3) is 0 Å². The minimum atomic E-state index is -3.19. The molecule has 2 aromatic rings. The fraction of sp³-hybridized carbons (Fsp3) is 0.278. The van der Waals surface area contributed by atoms with Crippen molar-refractivity contribution in [3.8, 4) is 5.75 Å². The molecule has 0 saturated heterocycles. The van der Waals surface area contributed by atoms with Gasteiger partial charge in [-0.2, -0.15) is 0 Å². The van der Waals surface area contributed by atoms with Crippen molar-refractivity contribution in [3.63, 3.8) is 0 Å². The highest BCUT2D eigenvalue weighted by Crippen LogP contribution is 2.20. The Labute approximate surface area is 154 Å². The fourth-order valence-electron chi connectivity index (χ4n) is 2.39. The fourth-order valence-corrected chi connectivity index (χ4v) is 3.29. The van der Waals surface area contributed by atoms with E-state index >= 15 is 0 Å². The molecule has 0 amide bonds. The maximum Gasteiger partial charge on any atom is 0.175 e. The van der Waals surface area contributed by atoms with Gasteiger partial charge in [-0.3, -0.25) is 0 Å². The monoisotopic (exact) mass is 378 g/mol. The molecule has 7 heteroatoms. The van der Waals surface area contributed by atoms with Crippen LogP contribution >= 0.6 is 12.2 Å². The molecule has 0 fully saturated rings. The molecule has 1 atom stereocenters. The minimum absolute atomic E-state index is 0.0146. The third-order valence-corrected chi connectivity index (χ3v) is 5.10. The number of sulfone groups is 1. The van der Waals surface area contributed by atoms with Crippen LogP contribution in [0.1, 0.15) is 24.9 Å². The van der Waals surface area contributed by atoms with Crippen molar-refractivity contribution >= 4 is 32.9 Å². The van der Waals surface area contributed by atoms with Crippen molar-refractivity contribution < 1.29 is 13.2 Å². The minimum Gasteiger partial charge on any atom is -0.497 e. The summed E-state index contributed by atoms with van der Waals surface area (Å²) < 4.78 is 28.3. The zero-order valence-electron chi connectivity index (χ0n) is 14.4. The number of anilines is 1. The van der Waals surface area contributed by atoms with Gasteiger partial charge in [-0.1, -0.05) is 25.1 Å². The third-order valence-electron chi connectivity index (χ3n) is 3.75. The predicted molar refractivity (Wildman–Crippen MR) is 105 cm³/mol. The lowest BCUT2D eigenvalue weighted by Crippen LogP contribution is -2.32. The molecule has 2 N–H and O–H groups in total. The number of hydrogen-bond acceptors (Lipinski definition) is 4. The normalized spacial score (nSPS) is 12.3. The Morgan fingerprint density at radius 1 is 1.20 bits per heavy atom.